The van der Waals surface area contributed by atoms with Crippen LogP contribution in [0.1, 0.15) is 15.6 Å². The van der Waals surface area contributed by atoms with Crippen molar-refractivity contribution in [3.8, 4) is 11.5 Å². The lowest BCUT2D eigenvalue weighted by atomic mass is 10.1. The van der Waals surface area contributed by atoms with E-state index >= 15 is 0 Å². The van der Waals surface area contributed by atoms with Gasteiger partial charge in [-0.1, -0.05) is 11.3 Å². The molecular formula is C13H16N2O3S. The third kappa shape index (κ3) is 3.90. The van der Waals surface area contributed by atoms with Crippen molar-refractivity contribution in [1.82, 2.24) is 10.2 Å². The van der Waals surface area contributed by atoms with Crippen molar-refractivity contribution in [1.29, 1.82) is 0 Å². The smallest absolute Gasteiger partial charge is 0.155 e. The molecule has 0 bridgehead atoms. The molecule has 5 nitrogen and oxygen atoms in total. The lowest BCUT2D eigenvalue weighted by Crippen LogP contribution is -1.98. The maximum atomic E-state index is 8.99. The lowest BCUT2D eigenvalue weighted by Gasteiger charge is -2.09. The minimum atomic E-state index is 0.0994. The summed E-state index contributed by atoms with van der Waals surface area (Å²) < 4.78 is 10.9. The van der Waals surface area contributed by atoms with E-state index in [1.54, 1.807) is 7.11 Å². The maximum absolute atomic E-state index is 8.99. The van der Waals surface area contributed by atoms with E-state index in [-0.39, 0.29) is 6.61 Å². The van der Waals surface area contributed by atoms with Crippen molar-refractivity contribution >= 4 is 11.3 Å². The molecule has 6 heteroatoms. The van der Waals surface area contributed by atoms with Crippen LogP contribution < -0.4 is 9.47 Å². The predicted octanol–water partition coefficient (Wildman–Crippen LogP) is 1.97. The summed E-state index contributed by atoms with van der Waals surface area (Å²) in [5.74, 6) is 1.42. The van der Waals surface area contributed by atoms with Crippen molar-refractivity contribution in [3.63, 3.8) is 0 Å². The summed E-state index contributed by atoms with van der Waals surface area (Å²) in [6.45, 7) is 2.39. The monoisotopic (exact) mass is 280 g/mol. The maximum Gasteiger partial charge on any atom is 0.155 e. The van der Waals surface area contributed by atoms with E-state index in [9.17, 15) is 0 Å². The Bertz CT molecular complexity index is 542. The Morgan fingerprint density at radius 1 is 1.21 bits per heavy atom. The van der Waals surface area contributed by atoms with Crippen LogP contribution in [0.2, 0.25) is 0 Å². The molecule has 0 spiro atoms. The molecule has 0 aliphatic heterocycles. The van der Waals surface area contributed by atoms with E-state index in [0.717, 1.165) is 21.3 Å². The second-order valence-electron chi connectivity index (χ2n) is 3.99. The summed E-state index contributed by atoms with van der Waals surface area (Å²) in [4.78, 5) is 0. The molecule has 1 N–H and O–H groups in total. The average Bonchev–Trinajstić information content (AvgIpc) is 2.82. The van der Waals surface area contributed by atoms with E-state index in [1.165, 1.54) is 11.3 Å². The molecule has 0 unspecified atom stereocenters. The number of ether oxygens (including phenoxy) is 2. The molecule has 0 atom stereocenters. The van der Waals surface area contributed by atoms with E-state index in [2.05, 4.69) is 10.2 Å². The molecule has 2 aromatic rings. The van der Waals surface area contributed by atoms with Gasteiger partial charge in [0.1, 0.15) is 23.1 Å². The first-order valence-electron chi connectivity index (χ1n) is 5.92. The Kier molecular flexibility index (Phi) is 4.70. The Labute approximate surface area is 115 Å². The van der Waals surface area contributed by atoms with Crippen LogP contribution >= 0.6 is 11.3 Å². The van der Waals surface area contributed by atoms with E-state index in [4.69, 9.17) is 14.6 Å². The number of methoxy groups -OCH3 is 1. The third-order valence-corrected chi connectivity index (χ3v) is 3.32. The fraction of sp³-hybridized carbons (Fsp3) is 0.385. The second kappa shape index (κ2) is 6.49. The molecule has 1 aromatic heterocycles. The van der Waals surface area contributed by atoms with Gasteiger partial charge in [-0.3, -0.25) is 0 Å². The first kappa shape index (κ1) is 13.8. The Morgan fingerprint density at radius 3 is 2.63 bits per heavy atom. The summed E-state index contributed by atoms with van der Waals surface area (Å²) in [5, 5.41) is 18.7. The molecule has 0 radical (unpaired) electrons. The standard InChI is InChI=1S/C13H16N2O3S/c1-9-14-15-13(19-9)8-18-12-6-10(3-4-16)5-11(7-12)17-2/h5-7,16H,3-4,8H2,1-2H3. The van der Waals surface area contributed by atoms with Gasteiger partial charge in [-0.2, -0.15) is 0 Å². The van der Waals surface area contributed by atoms with Crippen molar-refractivity contribution in [2.45, 2.75) is 20.0 Å². The summed E-state index contributed by atoms with van der Waals surface area (Å²) in [5.41, 5.74) is 0.977. The third-order valence-electron chi connectivity index (χ3n) is 2.51. The van der Waals surface area contributed by atoms with Gasteiger partial charge in [0, 0.05) is 12.7 Å². The molecule has 1 heterocycles. The Morgan fingerprint density at radius 2 is 2.00 bits per heavy atom. The number of benzene rings is 1. The average molecular weight is 280 g/mol. The van der Waals surface area contributed by atoms with Crippen LogP contribution in [0.25, 0.3) is 0 Å². The Balaban J connectivity index is 2.08. The van der Waals surface area contributed by atoms with Gasteiger partial charge >= 0.3 is 0 Å². The molecule has 102 valence electrons. The van der Waals surface area contributed by atoms with Gasteiger partial charge < -0.3 is 14.6 Å². The molecule has 1 aromatic carbocycles. The zero-order valence-electron chi connectivity index (χ0n) is 10.9. The van der Waals surface area contributed by atoms with Crippen molar-refractivity contribution in [3.05, 3.63) is 33.8 Å². The van der Waals surface area contributed by atoms with E-state index in [0.29, 0.717) is 18.8 Å². The topological polar surface area (TPSA) is 64.5 Å². The highest BCUT2D eigenvalue weighted by Gasteiger charge is 2.05. The first-order chi connectivity index (χ1) is 9.21. The molecule has 0 saturated carbocycles. The minimum absolute atomic E-state index is 0.0994. The number of nitrogens with zero attached hydrogens (tertiary/aromatic N) is 2. The summed E-state index contributed by atoms with van der Waals surface area (Å²) in [7, 11) is 1.61. The lowest BCUT2D eigenvalue weighted by molar-refractivity contribution is 0.294. The largest absolute Gasteiger partial charge is 0.497 e. The zero-order valence-corrected chi connectivity index (χ0v) is 11.7. The number of rotatable bonds is 6. The second-order valence-corrected chi connectivity index (χ2v) is 5.26. The number of aromatic nitrogens is 2. The molecule has 0 aliphatic rings. The molecule has 2 rings (SSSR count). The van der Waals surface area contributed by atoms with Gasteiger partial charge in [0.25, 0.3) is 0 Å². The number of hydrogen-bond donors (Lipinski definition) is 1. The molecule has 19 heavy (non-hydrogen) atoms. The molecule has 0 aliphatic carbocycles. The van der Waals surface area contributed by atoms with E-state index < -0.39 is 0 Å². The zero-order chi connectivity index (χ0) is 13.7. The minimum Gasteiger partial charge on any atom is -0.497 e. The highest BCUT2D eigenvalue weighted by atomic mass is 32.1. The van der Waals surface area contributed by atoms with Gasteiger partial charge in [-0.15, -0.1) is 10.2 Å². The van der Waals surface area contributed by atoms with Gasteiger partial charge in [0.2, 0.25) is 0 Å². The number of hydrogen-bond acceptors (Lipinski definition) is 6. The van der Waals surface area contributed by atoms with E-state index in [1.807, 2.05) is 25.1 Å². The van der Waals surface area contributed by atoms with Crippen LogP contribution in [0.15, 0.2) is 18.2 Å². The van der Waals surface area contributed by atoms with Crippen LogP contribution in [0, 0.1) is 6.92 Å². The number of aliphatic hydroxyl groups excluding tert-OH is 1. The fourth-order valence-corrected chi connectivity index (χ4v) is 2.27. The van der Waals surface area contributed by atoms with Gasteiger partial charge in [-0.05, 0) is 31.0 Å². The number of aryl methyl sites for hydroxylation is 1. The van der Waals surface area contributed by atoms with Crippen LogP contribution in [0.5, 0.6) is 11.5 Å². The normalized spacial score (nSPS) is 10.5. The van der Waals surface area contributed by atoms with Gasteiger partial charge in [0.15, 0.2) is 5.01 Å². The highest BCUT2D eigenvalue weighted by Crippen LogP contribution is 2.24. The van der Waals surface area contributed by atoms with Crippen LogP contribution in [-0.4, -0.2) is 29.0 Å². The SMILES string of the molecule is COc1cc(CCO)cc(OCc2nnc(C)s2)c1. The van der Waals surface area contributed by atoms with Crippen LogP contribution in [-0.2, 0) is 13.0 Å². The number of aliphatic hydroxyl groups is 1. The quantitative estimate of drug-likeness (QED) is 0.876. The summed E-state index contributed by atoms with van der Waals surface area (Å²) in [6.07, 6.45) is 0.575. The molecule has 0 saturated heterocycles. The first-order valence-corrected chi connectivity index (χ1v) is 6.73. The molecular weight excluding hydrogens is 264 g/mol. The fourth-order valence-electron chi connectivity index (χ4n) is 1.65. The Hall–Kier alpha value is -1.66. The van der Waals surface area contributed by atoms with Crippen molar-refractivity contribution in [2.75, 3.05) is 13.7 Å². The predicted molar refractivity (Wildman–Crippen MR) is 72.8 cm³/mol. The van der Waals surface area contributed by atoms with Gasteiger partial charge in [-0.25, -0.2) is 0 Å². The molecule has 0 amide bonds. The van der Waals surface area contributed by atoms with Crippen molar-refractivity contribution in [2.24, 2.45) is 0 Å². The summed E-state index contributed by atoms with van der Waals surface area (Å²) >= 11 is 1.51. The highest BCUT2D eigenvalue weighted by molar-refractivity contribution is 7.11. The van der Waals surface area contributed by atoms with Gasteiger partial charge in [0.05, 0.1) is 7.11 Å². The van der Waals surface area contributed by atoms with Crippen LogP contribution in [0.4, 0.5) is 0 Å². The van der Waals surface area contributed by atoms with Crippen LogP contribution in [0.3, 0.4) is 0 Å². The summed E-state index contributed by atoms with van der Waals surface area (Å²) in [6, 6.07) is 5.60. The van der Waals surface area contributed by atoms with Crippen molar-refractivity contribution < 1.29 is 14.6 Å². The molecule has 0 fully saturated rings.